The highest BCUT2D eigenvalue weighted by Gasteiger charge is 2.14. The van der Waals surface area contributed by atoms with E-state index in [0.29, 0.717) is 24.0 Å². The number of carbonyl (C=O) groups excluding carboxylic acids is 2. The van der Waals surface area contributed by atoms with Crippen LogP contribution in [0.5, 0.6) is 0 Å². The third-order valence-electron chi connectivity index (χ3n) is 2.86. The standard InChI is InChI=1S/C13H25N3O2S/c1-10(2)16-12(17)5-8-15-13(18)9-19-11-3-6-14-7-4-11/h10-11,14H,3-9H2,1-2H3,(H,15,18)(H,16,17). The van der Waals surface area contributed by atoms with Gasteiger partial charge in [0.2, 0.25) is 11.8 Å². The minimum Gasteiger partial charge on any atom is -0.355 e. The van der Waals surface area contributed by atoms with E-state index in [-0.39, 0.29) is 17.9 Å². The van der Waals surface area contributed by atoms with Gasteiger partial charge in [-0.1, -0.05) is 0 Å². The lowest BCUT2D eigenvalue weighted by Gasteiger charge is -2.21. The highest BCUT2D eigenvalue weighted by Crippen LogP contribution is 2.19. The summed E-state index contributed by atoms with van der Waals surface area (Å²) in [5, 5.41) is 9.49. The molecule has 6 heteroatoms. The number of amides is 2. The molecule has 0 aromatic heterocycles. The molecule has 0 aromatic rings. The van der Waals surface area contributed by atoms with Gasteiger partial charge >= 0.3 is 0 Å². The van der Waals surface area contributed by atoms with E-state index in [0.717, 1.165) is 25.9 Å². The van der Waals surface area contributed by atoms with E-state index in [4.69, 9.17) is 0 Å². The van der Waals surface area contributed by atoms with Gasteiger partial charge in [-0.25, -0.2) is 0 Å². The van der Waals surface area contributed by atoms with E-state index in [2.05, 4.69) is 16.0 Å². The second-order valence-corrected chi connectivity index (χ2v) is 6.37. The van der Waals surface area contributed by atoms with E-state index in [1.54, 1.807) is 11.8 Å². The van der Waals surface area contributed by atoms with Gasteiger partial charge in [0.15, 0.2) is 0 Å². The third-order valence-corrected chi connectivity index (χ3v) is 4.23. The lowest BCUT2D eigenvalue weighted by Crippen LogP contribution is -2.35. The first-order valence-corrected chi connectivity index (χ1v) is 8.01. The van der Waals surface area contributed by atoms with Gasteiger partial charge < -0.3 is 16.0 Å². The van der Waals surface area contributed by atoms with E-state index < -0.39 is 0 Å². The molecule has 1 fully saturated rings. The summed E-state index contributed by atoms with van der Waals surface area (Å²) in [4.78, 5) is 23.0. The first-order valence-electron chi connectivity index (χ1n) is 6.96. The SMILES string of the molecule is CC(C)NC(=O)CCNC(=O)CSC1CCNCC1. The van der Waals surface area contributed by atoms with Crippen molar-refractivity contribution >= 4 is 23.6 Å². The molecule has 2 amide bonds. The highest BCUT2D eigenvalue weighted by atomic mass is 32.2. The molecule has 1 saturated heterocycles. The molecule has 1 rings (SSSR count). The summed E-state index contributed by atoms with van der Waals surface area (Å²) in [5.41, 5.74) is 0. The number of hydrogen-bond donors (Lipinski definition) is 3. The van der Waals surface area contributed by atoms with Crippen LogP contribution in [0.2, 0.25) is 0 Å². The Hall–Kier alpha value is -0.750. The molecule has 0 aromatic carbocycles. The first kappa shape index (κ1) is 16.3. The van der Waals surface area contributed by atoms with Crippen molar-refractivity contribution in [3.8, 4) is 0 Å². The number of hydrogen-bond acceptors (Lipinski definition) is 4. The van der Waals surface area contributed by atoms with Gasteiger partial charge in [0.1, 0.15) is 0 Å². The minimum absolute atomic E-state index is 0.0127. The number of piperidine rings is 1. The number of carbonyl (C=O) groups is 2. The van der Waals surface area contributed by atoms with Crippen LogP contribution in [0.15, 0.2) is 0 Å². The van der Waals surface area contributed by atoms with Gasteiger partial charge in [-0.15, -0.1) is 11.8 Å². The normalized spacial score (nSPS) is 16.4. The van der Waals surface area contributed by atoms with Crippen LogP contribution in [0.3, 0.4) is 0 Å². The van der Waals surface area contributed by atoms with Crippen molar-refractivity contribution in [3.63, 3.8) is 0 Å². The zero-order valence-corrected chi connectivity index (χ0v) is 12.6. The van der Waals surface area contributed by atoms with Crippen LogP contribution < -0.4 is 16.0 Å². The Labute approximate surface area is 119 Å². The van der Waals surface area contributed by atoms with E-state index in [9.17, 15) is 9.59 Å². The molecule has 3 N–H and O–H groups in total. The smallest absolute Gasteiger partial charge is 0.230 e. The Bertz CT molecular complexity index is 292. The summed E-state index contributed by atoms with van der Waals surface area (Å²) in [6.45, 7) is 6.37. The van der Waals surface area contributed by atoms with E-state index in [1.807, 2.05) is 13.8 Å². The molecule has 0 atom stereocenters. The summed E-state index contributed by atoms with van der Waals surface area (Å²) in [5.74, 6) is 0.512. The average Bonchev–Trinajstić information content (AvgIpc) is 2.36. The van der Waals surface area contributed by atoms with Crippen LogP contribution in [0, 0.1) is 0 Å². The Balaban J connectivity index is 2.02. The van der Waals surface area contributed by atoms with Crippen molar-refractivity contribution in [3.05, 3.63) is 0 Å². The van der Waals surface area contributed by atoms with Gasteiger partial charge in [-0.05, 0) is 39.8 Å². The molecular weight excluding hydrogens is 262 g/mol. The molecule has 0 radical (unpaired) electrons. The first-order chi connectivity index (χ1) is 9.08. The quantitative estimate of drug-likeness (QED) is 0.638. The minimum atomic E-state index is -0.0127. The molecule has 5 nitrogen and oxygen atoms in total. The van der Waals surface area contributed by atoms with Crippen LogP contribution in [-0.2, 0) is 9.59 Å². The van der Waals surface area contributed by atoms with Gasteiger partial charge in [0.25, 0.3) is 0 Å². The molecule has 1 aliphatic heterocycles. The van der Waals surface area contributed by atoms with Crippen molar-refractivity contribution < 1.29 is 9.59 Å². The lowest BCUT2D eigenvalue weighted by atomic mass is 10.2. The monoisotopic (exact) mass is 287 g/mol. The summed E-state index contributed by atoms with van der Waals surface area (Å²) >= 11 is 1.72. The Morgan fingerprint density at radius 3 is 2.58 bits per heavy atom. The maximum atomic E-state index is 11.6. The van der Waals surface area contributed by atoms with Gasteiger partial charge in [0, 0.05) is 24.3 Å². The number of thioether (sulfide) groups is 1. The maximum Gasteiger partial charge on any atom is 0.230 e. The summed E-state index contributed by atoms with van der Waals surface area (Å²) in [6, 6.07) is 0.152. The van der Waals surface area contributed by atoms with Crippen LogP contribution in [0.25, 0.3) is 0 Å². The Morgan fingerprint density at radius 2 is 1.95 bits per heavy atom. The maximum absolute atomic E-state index is 11.6. The topological polar surface area (TPSA) is 70.2 Å². The predicted octanol–water partition coefficient (Wildman–Crippen LogP) is 0.503. The molecule has 1 aliphatic rings. The molecular formula is C13H25N3O2S. The highest BCUT2D eigenvalue weighted by molar-refractivity contribution is 8.00. The predicted molar refractivity (Wildman–Crippen MR) is 79.3 cm³/mol. The molecule has 19 heavy (non-hydrogen) atoms. The third kappa shape index (κ3) is 8.10. The molecule has 0 unspecified atom stereocenters. The van der Waals surface area contributed by atoms with Gasteiger partial charge in [0.05, 0.1) is 5.75 Å². The van der Waals surface area contributed by atoms with E-state index >= 15 is 0 Å². The number of rotatable bonds is 7. The Kier molecular flexibility index (Phi) is 7.90. The fourth-order valence-electron chi connectivity index (χ4n) is 1.92. The summed E-state index contributed by atoms with van der Waals surface area (Å²) in [7, 11) is 0. The zero-order valence-electron chi connectivity index (χ0n) is 11.8. The van der Waals surface area contributed by atoms with Crippen LogP contribution in [0.1, 0.15) is 33.1 Å². The van der Waals surface area contributed by atoms with Crippen LogP contribution >= 0.6 is 11.8 Å². The largest absolute Gasteiger partial charge is 0.355 e. The van der Waals surface area contributed by atoms with Crippen molar-refractivity contribution in [2.45, 2.75) is 44.4 Å². The van der Waals surface area contributed by atoms with Crippen molar-refractivity contribution in [2.75, 3.05) is 25.4 Å². The van der Waals surface area contributed by atoms with Crippen LogP contribution in [-0.4, -0.2) is 48.5 Å². The average molecular weight is 287 g/mol. The molecule has 0 spiro atoms. The van der Waals surface area contributed by atoms with Gasteiger partial charge in [-0.3, -0.25) is 9.59 Å². The second kappa shape index (κ2) is 9.20. The summed E-state index contributed by atoms with van der Waals surface area (Å²) < 4.78 is 0. The molecule has 1 heterocycles. The fourth-order valence-corrected chi connectivity index (χ4v) is 2.97. The molecule has 110 valence electrons. The molecule has 0 aliphatic carbocycles. The molecule has 0 bridgehead atoms. The van der Waals surface area contributed by atoms with Crippen molar-refractivity contribution in [2.24, 2.45) is 0 Å². The number of nitrogens with one attached hydrogen (secondary N) is 3. The fraction of sp³-hybridized carbons (Fsp3) is 0.846. The van der Waals surface area contributed by atoms with Gasteiger partial charge in [-0.2, -0.15) is 0 Å². The zero-order chi connectivity index (χ0) is 14.1. The Morgan fingerprint density at radius 1 is 1.26 bits per heavy atom. The summed E-state index contributed by atoms with van der Waals surface area (Å²) in [6.07, 6.45) is 2.62. The second-order valence-electron chi connectivity index (χ2n) is 5.08. The van der Waals surface area contributed by atoms with E-state index in [1.165, 1.54) is 0 Å². The lowest BCUT2D eigenvalue weighted by molar-refractivity contribution is -0.121. The van der Waals surface area contributed by atoms with Crippen LogP contribution in [0.4, 0.5) is 0 Å². The van der Waals surface area contributed by atoms with Crippen molar-refractivity contribution in [1.29, 1.82) is 0 Å². The molecule has 0 saturated carbocycles. The van der Waals surface area contributed by atoms with Crippen molar-refractivity contribution in [1.82, 2.24) is 16.0 Å².